The summed E-state index contributed by atoms with van der Waals surface area (Å²) in [5.74, 6) is 0.330. The van der Waals surface area contributed by atoms with Crippen molar-refractivity contribution < 1.29 is 0 Å². The number of aliphatic imine (C=N–C) groups is 1. The fourth-order valence-corrected chi connectivity index (χ4v) is 10.6. The second kappa shape index (κ2) is 24.5. The van der Waals surface area contributed by atoms with Crippen LogP contribution in [0.1, 0.15) is 98.4 Å². The number of rotatable bonds is 13. The molecule has 4 N–H and O–H groups in total. The Hall–Kier alpha value is -7.33. The molecule has 0 radical (unpaired) electrons. The molecule has 2 unspecified atom stereocenters. The Morgan fingerprint density at radius 1 is 0.690 bits per heavy atom. The van der Waals surface area contributed by atoms with Crippen LogP contribution in [0.5, 0.6) is 0 Å². The van der Waals surface area contributed by atoms with E-state index in [0.717, 1.165) is 61.2 Å². The van der Waals surface area contributed by atoms with Gasteiger partial charge < -0.3 is 11.5 Å². The predicted octanol–water partition coefficient (Wildman–Crippen LogP) is 16.8. The largest absolute Gasteiger partial charge is 0.405 e. The minimum atomic E-state index is -0.234. The number of nitrogens with two attached hydrogens (primary N) is 2. The molecule has 0 aromatic heterocycles. The summed E-state index contributed by atoms with van der Waals surface area (Å²) in [6.07, 6.45) is 28.4. The van der Waals surface area contributed by atoms with E-state index in [4.69, 9.17) is 16.5 Å². The predicted molar refractivity (Wildman–Crippen MR) is 308 cm³/mol. The van der Waals surface area contributed by atoms with E-state index in [2.05, 4.69) is 209 Å². The summed E-state index contributed by atoms with van der Waals surface area (Å²) in [5.41, 5.74) is 34.8. The van der Waals surface area contributed by atoms with Crippen molar-refractivity contribution in [1.82, 2.24) is 0 Å². The van der Waals surface area contributed by atoms with E-state index in [1.165, 1.54) is 83.5 Å². The third-order valence-corrected chi connectivity index (χ3v) is 13.7. The number of hydrogen-bond acceptors (Lipinski definition) is 3. The molecular weight excluding hydrogens is 859 g/mol. The van der Waals surface area contributed by atoms with Crippen molar-refractivity contribution in [1.29, 1.82) is 0 Å². The van der Waals surface area contributed by atoms with Crippen LogP contribution in [-0.2, 0) is 18.3 Å². The minimum Gasteiger partial charge on any atom is -0.405 e. The minimum absolute atomic E-state index is 0.234. The Balaban J connectivity index is 0.00000101. The lowest BCUT2D eigenvalue weighted by atomic mass is 9.81. The molecule has 11 rings (SSSR count). The zero-order valence-corrected chi connectivity index (χ0v) is 43.2. The summed E-state index contributed by atoms with van der Waals surface area (Å²) >= 11 is 0. The van der Waals surface area contributed by atoms with Gasteiger partial charge >= 0.3 is 0 Å². The molecule has 3 heteroatoms. The number of hydrogen-bond donors (Lipinski definition) is 2. The van der Waals surface area contributed by atoms with Crippen LogP contribution in [0, 0.1) is 19.8 Å². The first kappa shape index (κ1) is 51.5. The van der Waals surface area contributed by atoms with Gasteiger partial charge in [-0.25, -0.2) is 4.99 Å². The average molecular weight is 932 g/mol. The Morgan fingerprint density at radius 3 is 2.07 bits per heavy atom. The molecule has 1 fully saturated rings. The summed E-state index contributed by atoms with van der Waals surface area (Å²) in [4.78, 5) is 4.94. The first-order valence-electron chi connectivity index (χ1n) is 25.9. The molecule has 0 heterocycles. The maximum absolute atomic E-state index is 6.55. The lowest BCUT2D eigenvalue weighted by molar-refractivity contribution is 0.699. The van der Waals surface area contributed by atoms with Gasteiger partial charge in [0.25, 0.3) is 0 Å². The van der Waals surface area contributed by atoms with Crippen LogP contribution >= 0.6 is 0 Å². The Labute approximate surface area is 425 Å². The molecule has 1 spiro atoms. The quantitative estimate of drug-likeness (QED) is 0.0895. The zero-order chi connectivity index (χ0) is 50.3. The van der Waals surface area contributed by atoms with Crippen LogP contribution in [0.15, 0.2) is 234 Å². The van der Waals surface area contributed by atoms with Crippen LogP contribution in [-0.4, -0.2) is 12.3 Å². The second-order valence-corrected chi connectivity index (χ2v) is 18.0. The molecule has 0 aliphatic heterocycles. The van der Waals surface area contributed by atoms with Gasteiger partial charge in [0, 0.05) is 11.5 Å². The van der Waals surface area contributed by atoms with E-state index < -0.39 is 0 Å². The molecule has 2 atom stereocenters. The van der Waals surface area contributed by atoms with Gasteiger partial charge in [-0.2, -0.15) is 0 Å². The van der Waals surface area contributed by atoms with E-state index in [1.807, 2.05) is 46.9 Å². The molecule has 6 aromatic carbocycles. The summed E-state index contributed by atoms with van der Waals surface area (Å²) < 4.78 is 0. The van der Waals surface area contributed by atoms with Gasteiger partial charge in [0.2, 0.25) is 0 Å². The Bertz CT molecular complexity index is 3070. The van der Waals surface area contributed by atoms with Crippen molar-refractivity contribution >= 4 is 5.71 Å². The fraction of sp³-hybridized carbons (Fsp3) is 0.221. The van der Waals surface area contributed by atoms with Crippen molar-refractivity contribution in [3.05, 3.63) is 274 Å². The second-order valence-electron chi connectivity index (χ2n) is 18.0. The monoisotopic (exact) mass is 932 g/mol. The Morgan fingerprint density at radius 2 is 1.37 bits per heavy atom. The van der Waals surface area contributed by atoms with Crippen molar-refractivity contribution in [3.8, 4) is 33.4 Å². The molecule has 0 saturated heterocycles. The van der Waals surface area contributed by atoms with E-state index >= 15 is 0 Å². The molecule has 3 nitrogen and oxygen atoms in total. The van der Waals surface area contributed by atoms with Crippen molar-refractivity contribution in [2.45, 2.75) is 86.0 Å². The molecule has 6 aromatic rings. The van der Waals surface area contributed by atoms with Gasteiger partial charge in [-0.05, 0) is 154 Å². The van der Waals surface area contributed by atoms with Gasteiger partial charge in [-0.3, -0.25) is 0 Å². The van der Waals surface area contributed by atoms with E-state index in [-0.39, 0.29) is 5.41 Å². The summed E-state index contributed by atoms with van der Waals surface area (Å²) in [5, 5.41) is 0. The zero-order valence-electron chi connectivity index (χ0n) is 43.2. The number of fused-ring (bicyclic) bond motifs is 2. The normalized spacial score (nSPS) is 17.5. The number of benzene rings is 6. The number of aryl methyl sites for hydroxylation is 2. The van der Waals surface area contributed by atoms with E-state index in [9.17, 15) is 0 Å². The smallest absolute Gasteiger partial charge is 0.0709 e. The lowest BCUT2D eigenvalue weighted by Crippen LogP contribution is -2.14. The SMILES string of the molecule is C=C(N=C(/C=C/C=C\Cc1cccc(C)c1-c1ccccc1Cc1ccc(-c2cc3c(C)cc2C2(/C(=C/N)C2CC2=CCC=C2)c2ccccc2-3)cc1)c1ccccc1)C1=CCC=C1.CC.CC.CCN. The standard InChI is InChI=1S/C62H54N2.C2H7N.2C2H6/c1-42-19-18-28-50(26-8-5-9-32-60(49-24-6-4-7-25-49)64-44(3)47-22-12-13-23-47)61(42)52-29-15-14-27-51(52)38-46-33-35-48(36-34-46)55-40-54-43(2)37-57(55)62(56-31-17-16-30-53(54)56)58(59(62)41-63)39-45-20-10-11-21-45;1-2-3;2*1-2/h4-10,12,14-25,27-37,40-41,58H,3,11,13,26,38-39,63H2,1-2H3;2-3H2,1H3;2*1-2H3/b8-5-,32-9+,59-41+,64-60?;;;. The van der Waals surface area contributed by atoms with Gasteiger partial charge in [0.15, 0.2) is 0 Å². The van der Waals surface area contributed by atoms with Crippen LogP contribution in [0.4, 0.5) is 0 Å². The molecule has 5 aliphatic carbocycles. The molecule has 0 amide bonds. The topological polar surface area (TPSA) is 64.4 Å². The summed E-state index contributed by atoms with van der Waals surface area (Å²) in [6.45, 7) is 19.4. The van der Waals surface area contributed by atoms with Crippen LogP contribution in [0.2, 0.25) is 0 Å². The highest BCUT2D eigenvalue weighted by Gasteiger charge is 2.63. The average Bonchev–Trinajstić information content (AvgIpc) is 3.74. The third-order valence-electron chi connectivity index (χ3n) is 13.7. The van der Waals surface area contributed by atoms with Gasteiger partial charge in [0.05, 0.1) is 16.8 Å². The summed E-state index contributed by atoms with van der Waals surface area (Å²) in [6, 6.07) is 49.3. The third kappa shape index (κ3) is 11.0. The molecule has 2 bridgehead atoms. The van der Waals surface area contributed by atoms with Gasteiger partial charge in [0.1, 0.15) is 0 Å². The van der Waals surface area contributed by atoms with E-state index in [1.54, 1.807) is 0 Å². The van der Waals surface area contributed by atoms with Crippen molar-refractivity contribution in [2.75, 3.05) is 6.54 Å². The molecule has 1 saturated carbocycles. The van der Waals surface area contributed by atoms with Gasteiger partial charge in [-0.1, -0.05) is 229 Å². The highest BCUT2D eigenvalue weighted by atomic mass is 14.8. The first-order chi connectivity index (χ1) is 34.8. The molecule has 360 valence electrons. The lowest BCUT2D eigenvalue weighted by Gasteiger charge is -2.21. The summed E-state index contributed by atoms with van der Waals surface area (Å²) in [7, 11) is 0. The number of allylic oxidation sites excluding steroid dienone is 12. The maximum atomic E-state index is 6.55. The maximum Gasteiger partial charge on any atom is 0.0709 e. The Kier molecular flexibility index (Phi) is 17.8. The first-order valence-corrected chi connectivity index (χ1v) is 25.9. The van der Waals surface area contributed by atoms with Crippen molar-refractivity contribution in [3.63, 3.8) is 0 Å². The highest BCUT2D eigenvalue weighted by molar-refractivity contribution is 6.09. The fourth-order valence-electron chi connectivity index (χ4n) is 10.6. The van der Waals surface area contributed by atoms with Crippen molar-refractivity contribution in [2.24, 2.45) is 22.4 Å². The van der Waals surface area contributed by atoms with Crippen LogP contribution < -0.4 is 11.5 Å². The van der Waals surface area contributed by atoms with E-state index in [0.29, 0.717) is 5.92 Å². The molecule has 5 aliphatic rings. The van der Waals surface area contributed by atoms with Crippen LogP contribution in [0.25, 0.3) is 33.4 Å². The van der Waals surface area contributed by atoms with Crippen LogP contribution in [0.3, 0.4) is 0 Å². The highest BCUT2D eigenvalue weighted by Crippen LogP contribution is 2.70. The molecule has 71 heavy (non-hydrogen) atoms. The van der Waals surface area contributed by atoms with Gasteiger partial charge in [-0.15, -0.1) is 0 Å². The number of nitrogens with zero attached hydrogens (tertiary/aromatic N) is 1. The molecular formula is C68H73N3.